The third-order valence-electron chi connectivity index (χ3n) is 2.34. The Morgan fingerprint density at radius 1 is 1.50 bits per heavy atom. The second-order valence-corrected chi connectivity index (χ2v) is 5.60. The summed E-state index contributed by atoms with van der Waals surface area (Å²) in [4.78, 5) is 11.4. The van der Waals surface area contributed by atoms with E-state index in [1.54, 1.807) is 0 Å². The van der Waals surface area contributed by atoms with E-state index < -0.39 is 40.8 Å². The largest absolute Gasteiger partial charge is 0.432 e. The van der Waals surface area contributed by atoms with Gasteiger partial charge in [0.15, 0.2) is 0 Å². The summed E-state index contributed by atoms with van der Waals surface area (Å²) in [5.74, 6) is -0.882. The molecule has 0 amide bonds. The van der Waals surface area contributed by atoms with E-state index in [1.165, 1.54) is 0 Å². The van der Waals surface area contributed by atoms with Crippen molar-refractivity contribution in [2.45, 2.75) is 24.4 Å². The molecule has 1 fully saturated rings. The fourth-order valence-electron chi connectivity index (χ4n) is 1.27. The van der Waals surface area contributed by atoms with Crippen LogP contribution in [0, 0.1) is 0 Å². The average Bonchev–Trinajstić information content (AvgIpc) is 2.79. The van der Waals surface area contributed by atoms with Crippen molar-refractivity contribution in [1.29, 1.82) is 0 Å². The zero-order chi connectivity index (χ0) is 15.4. The standard InChI is InChI=1S/C10H14F2O7S/c1-7(9(13)19-8-3-2-4-18-8)5-17-6-10(11,12)20(14,15)16/h8H,1-6H2,(H,14,15,16). The van der Waals surface area contributed by atoms with Gasteiger partial charge in [0.1, 0.15) is 6.61 Å². The van der Waals surface area contributed by atoms with Crippen LogP contribution in [0.1, 0.15) is 12.8 Å². The maximum absolute atomic E-state index is 12.8. The lowest BCUT2D eigenvalue weighted by Gasteiger charge is -2.15. The summed E-state index contributed by atoms with van der Waals surface area (Å²) >= 11 is 0. The molecule has 1 unspecified atom stereocenters. The summed E-state index contributed by atoms with van der Waals surface area (Å²) in [6.45, 7) is 1.47. The lowest BCUT2D eigenvalue weighted by molar-refractivity contribution is -0.165. The minimum atomic E-state index is -5.56. The molecule has 116 valence electrons. The van der Waals surface area contributed by atoms with E-state index in [2.05, 4.69) is 11.3 Å². The second kappa shape index (κ2) is 6.57. The highest BCUT2D eigenvalue weighted by molar-refractivity contribution is 7.86. The molecule has 7 nitrogen and oxygen atoms in total. The smallest absolute Gasteiger partial charge is 0.392 e. The van der Waals surface area contributed by atoms with Crippen LogP contribution in [-0.4, -0.2) is 50.3 Å². The second-order valence-electron chi connectivity index (χ2n) is 4.06. The SMILES string of the molecule is C=C(COCC(F)(F)S(=O)(=O)O)C(=O)OC1CCCO1. The predicted octanol–water partition coefficient (Wildman–Crippen LogP) is 0.720. The van der Waals surface area contributed by atoms with Crippen molar-refractivity contribution in [3.05, 3.63) is 12.2 Å². The van der Waals surface area contributed by atoms with E-state index in [1.807, 2.05) is 0 Å². The fourth-order valence-corrected chi connectivity index (χ4v) is 1.50. The van der Waals surface area contributed by atoms with E-state index >= 15 is 0 Å². The van der Waals surface area contributed by atoms with E-state index in [9.17, 15) is 22.0 Å². The monoisotopic (exact) mass is 316 g/mol. The molecule has 0 saturated carbocycles. The molecule has 1 N–H and O–H groups in total. The van der Waals surface area contributed by atoms with Gasteiger partial charge in [-0.3, -0.25) is 4.55 Å². The molecule has 0 bridgehead atoms. The van der Waals surface area contributed by atoms with Crippen molar-refractivity contribution in [3.8, 4) is 0 Å². The van der Waals surface area contributed by atoms with Crippen LogP contribution < -0.4 is 0 Å². The van der Waals surface area contributed by atoms with Gasteiger partial charge in [0.25, 0.3) is 0 Å². The minimum Gasteiger partial charge on any atom is -0.432 e. The minimum absolute atomic E-state index is 0.272. The molecule has 1 rings (SSSR count). The van der Waals surface area contributed by atoms with Crippen molar-refractivity contribution in [2.75, 3.05) is 19.8 Å². The molecule has 1 heterocycles. The molecule has 0 aromatic heterocycles. The van der Waals surface area contributed by atoms with E-state index in [0.29, 0.717) is 13.0 Å². The maximum atomic E-state index is 12.8. The predicted molar refractivity (Wildman–Crippen MR) is 61.5 cm³/mol. The summed E-state index contributed by atoms with van der Waals surface area (Å²) in [7, 11) is -5.56. The average molecular weight is 316 g/mol. The van der Waals surface area contributed by atoms with Crippen molar-refractivity contribution in [1.82, 2.24) is 0 Å². The van der Waals surface area contributed by atoms with Gasteiger partial charge in [-0.1, -0.05) is 6.58 Å². The Bertz CT molecular complexity index is 468. The Balaban J connectivity index is 2.34. The Morgan fingerprint density at radius 2 is 2.15 bits per heavy atom. The summed E-state index contributed by atoms with van der Waals surface area (Å²) in [5.41, 5.74) is -0.272. The van der Waals surface area contributed by atoms with Crippen LogP contribution in [0.5, 0.6) is 0 Å². The highest BCUT2D eigenvalue weighted by Crippen LogP contribution is 2.21. The van der Waals surface area contributed by atoms with Crippen molar-refractivity contribution < 1.29 is 40.8 Å². The Labute approximate surface area is 114 Å². The highest BCUT2D eigenvalue weighted by atomic mass is 32.2. The van der Waals surface area contributed by atoms with Crippen LogP contribution >= 0.6 is 0 Å². The Kier molecular flexibility index (Phi) is 5.57. The van der Waals surface area contributed by atoms with E-state index in [4.69, 9.17) is 14.0 Å². The van der Waals surface area contributed by atoms with Gasteiger partial charge in [0, 0.05) is 6.42 Å². The normalized spacial score (nSPS) is 19.9. The third kappa shape index (κ3) is 4.78. The van der Waals surface area contributed by atoms with Crippen LogP contribution in [0.2, 0.25) is 0 Å². The number of esters is 1. The summed E-state index contributed by atoms with van der Waals surface area (Å²) in [6.07, 6.45) is 0.570. The fraction of sp³-hybridized carbons (Fsp3) is 0.700. The zero-order valence-electron chi connectivity index (χ0n) is 10.4. The van der Waals surface area contributed by atoms with Gasteiger partial charge in [0.05, 0.1) is 18.8 Å². The van der Waals surface area contributed by atoms with Gasteiger partial charge >= 0.3 is 21.3 Å². The maximum Gasteiger partial charge on any atom is 0.392 e. The number of ether oxygens (including phenoxy) is 3. The molecular weight excluding hydrogens is 302 g/mol. The first-order valence-corrected chi connectivity index (χ1v) is 7.00. The molecule has 0 aromatic carbocycles. The van der Waals surface area contributed by atoms with Crippen LogP contribution in [0.4, 0.5) is 8.78 Å². The molecule has 1 aliphatic rings. The zero-order valence-corrected chi connectivity index (χ0v) is 11.2. The van der Waals surface area contributed by atoms with Crippen LogP contribution in [0.15, 0.2) is 12.2 Å². The van der Waals surface area contributed by atoms with Crippen LogP contribution in [0.25, 0.3) is 0 Å². The van der Waals surface area contributed by atoms with Gasteiger partial charge < -0.3 is 14.2 Å². The number of alkyl halides is 2. The molecule has 0 aliphatic carbocycles. The quantitative estimate of drug-likeness (QED) is 0.420. The van der Waals surface area contributed by atoms with E-state index in [0.717, 1.165) is 6.42 Å². The molecule has 10 heteroatoms. The van der Waals surface area contributed by atoms with Crippen LogP contribution in [0.3, 0.4) is 0 Å². The van der Waals surface area contributed by atoms with Crippen LogP contribution in [-0.2, 0) is 29.1 Å². The molecule has 20 heavy (non-hydrogen) atoms. The molecule has 0 aromatic rings. The topological polar surface area (TPSA) is 99.1 Å². The summed E-state index contributed by atoms with van der Waals surface area (Å²) in [6, 6.07) is 0. The highest BCUT2D eigenvalue weighted by Gasteiger charge is 2.44. The lowest BCUT2D eigenvalue weighted by Crippen LogP contribution is -2.34. The summed E-state index contributed by atoms with van der Waals surface area (Å²) < 4.78 is 68.5. The van der Waals surface area contributed by atoms with E-state index in [-0.39, 0.29) is 5.57 Å². The third-order valence-corrected chi connectivity index (χ3v) is 3.21. The van der Waals surface area contributed by atoms with Crippen molar-refractivity contribution >= 4 is 16.1 Å². The number of carbonyl (C=O) groups excluding carboxylic acids is 1. The van der Waals surface area contributed by atoms with Gasteiger partial charge in [0.2, 0.25) is 6.29 Å². The molecule has 1 atom stereocenters. The lowest BCUT2D eigenvalue weighted by atomic mass is 10.3. The van der Waals surface area contributed by atoms with Gasteiger partial charge in [-0.2, -0.15) is 17.2 Å². The van der Waals surface area contributed by atoms with Gasteiger partial charge in [-0.05, 0) is 6.42 Å². The number of halogens is 2. The molecular formula is C10H14F2O7S. The van der Waals surface area contributed by atoms with Crippen molar-refractivity contribution in [2.24, 2.45) is 0 Å². The summed E-state index contributed by atoms with van der Waals surface area (Å²) in [5, 5.41) is -4.45. The Morgan fingerprint density at radius 3 is 2.65 bits per heavy atom. The first-order valence-electron chi connectivity index (χ1n) is 5.56. The van der Waals surface area contributed by atoms with Crippen molar-refractivity contribution in [3.63, 3.8) is 0 Å². The number of carbonyl (C=O) groups is 1. The number of rotatable bonds is 7. The molecule has 1 saturated heterocycles. The number of hydrogen-bond acceptors (Lipinski definition) is 6. The van der Waals surface area contributed by atoms with Gasteiger partial charge in [-0.15, -0.1) is 0 Å². The molecule has 0 radical (unpaired) electrons. The molecule has 0 spiro atoms. The number of hydrogen-bond donors (Lipinski definition) is 1. The first-order chi connectivity index (χ1) is 9.13. The van der Waals surface area contributed by atoms with Gasteiger partial charge in [-0.25, -0.2) is 4.79 Å². The Hall–Kier alpha value is -1.10. The first kappa shape index (κ1) is 17.0. The molecule has 1 aliphatic heterocycles.